The maximum Gasteiger partial charge on any atom is 0.430 e. The molecule has 216 valence electrons. The van der Waals surface area contributed by atoms with Crippen molar-refractivity contribution in [2.75, 3.05) is 20.2 Å². The molecule has 11 N–H and O–H groups in total. The molecule has 37 heavy (non-hydrogen) atoms. The van der Waals surface area contributed by atoms with E-state index in [0.29, 0.717) is 0 Å². The first-order valence-electron chi connectivity index (χ1n) is 10.8. The van der Waals surface area contributed by atoms with Crippen LogP contribution in [0.15, 0.2) is 17.7 Å². The fraction of sp³-hybridized carbons (Fsp3) is 0.571. The van der Waals surface area contributed by atoms with Crippen molar-refractivity contribution in [1.29, 1.82) is 0 Å². The molecule has 2 atom stereocenters. The van der Waals surface area contributed by atoms with Crippen LogP contribution in [0.1, 0.15) is 44.7 Å². The molecule has 2 aliphatic rings. The highest BCUT2D eigenvalue weighted by Crippen LogP contribution is 2.42. The van der Waals surface area contributed by atoms with Gasteiger partial charge in [-0.2, -0.15) is 13.2 Å². The van der Waals surface area contributed by atoms with Crippen LogP contribution in [0.4, 0.5) is 13.2 Å². The largest absolute Gasteiger partial charge is 0.475 e. The van der Waals surface area contributed by atoms with E-state index >= 15 is 0 Å². The van der Waals surface area contributed by atoms with Crippen molar-refractivity contribution < 1.29 is 63.8 Å². The van der Waals surface area contributed by atoms with E-state index in [2.05, 4.69) is 20.8 Å². The smallest absolute Gasteiger partial charge is 0.430 e. The number of nitrogens with one attached hydrogen (secondary N) is 1. The van der Waals surface area contributed by atoms with Gasteiger partial charge in [0, 0.05) is 17.7 Å². The molecule has 1 aromatic rings. The number of nitrogens with two attached hydrogens (primary N) is 1. The number of aliphatic hydroxyl groups excluding tert-OH is 1. The zero-order valence-electron chi connectivity index (χ0n) is 20.9. The molecule has 0 saturated carbocycles. The minimum absolute atomic E-state index is 0.169. The SMILES string of the molecule is C1CCNC1.CC.CC(ON)OC(=O)C1=Cc2cc(Cl)cc(C(O)(O)O)c2OC1C(F)(F)F.CO.[NH3+]O. The van der Waals surface area contributed by atoms with Gasteiger partial charge in [0.25, 0.3) is 0 Å². The molecule has 1 fully saturated rings. The van der Waals surface area contributed by atoms with Gasteiger partial charge < -0.3 is 35.2 Å². The third-order valence-electron chi connectivity index (χ3n) is 4.23. The monoisotopic (exact) mass is 566 g/mol. The average Bonchev–Trinajstić information content (AvgIpc) is 3.45. The number of hydrogen-bond acceptors (Lipinski definition) is 11. The number of benzene rings is 1. The Kier molecular flexibility index (Phi) is 18.3. The van der Waals surface area contributed by atoms with Crippen molar-refractivity contribution in [3.8, 4) is 5.75 Å². The molecule has 2 aliphatic heterocycles. The summed E-state index contributed by atoms with van der Waals surface area (Å²) in [5.74, 6) is 1.36. The van der Waals surface area contributed by atoms with Gasteiger partial charge in [-0.15, -0.1) is 0 Å². The molecule has 16 heteroatoms. The molecule has 0 bridgehead atoms. The van der Waals surface area contributed by atoms with Crippen molar-refractivity contribution in [2.45, 2.75) is 58.2 Å². The molecule has 0 aromatic heterocycles. The quantitative estimate of drug-likeness (QED) is 0.143. The molecule has 0 spiro atoms. The number of quaternary nitrogens is 1. The second-order valence-corrected chi connectivity index (χ2v) is 7.15. The van der Waals surface area contributed by atoms with Gasteiger partial charge in [0.2, 0.25) is 12.4 Å². The van der Waals surface area contributed by atoms with Crippen LogP contribution < -0.4 is 21.8 Å². The molecule has 2 heterocycles. The third-order valence-corrected chi connectivity index (χ3v) is 4.45. The van der Waals surface area contributed by atoms with Crippen molar-refractivity contribution >= 4 is 23.6 Å². The summed E-state index contributed by atoms with van der Waals surface area (Å²) in [6.45, 7) is 7.67. The Labute approximate surface area is 217 Å². The summed E-state index contributed by atoms with van der Waals surface area (Å²) in [6, 6.07) is 1.89. The molecule has 2 unspecified atom stereocenters. The van der Waals surface area contributed by atoms with E-state index in [9.17, 15) is 33.3 Å². The standard InChI is InChI=1S/C14H13ClF3NO7.C4H9N.C2H6.CH4O.H4NO/c1-5(26-19)24-12(20)8-3-6-2-7(15)4-9(14(21,22)23)10(6)25-11(8)13(16,17)18;1-2-4-5-3-1;3*1-2/h2-5,11,21-23H,19H2,1H3;5H,1-4H2;1-2H3;2*2H,1H3/q;;;;+1. The normalized spacial score (nSPS) is 16.7. The summed E-state index contributed by atoms with van der Waals surface area (Å²) in [6.07, 6.45) is -5.71. The number of rotatable bonds is 4. The zero-order valence-corrected chi connectivity index (χ0v) is 21.6. The van der Waals surface area contributed by atoms with Gasteiger partial charge in [-0.05, 0) is 51.1 Å². The van der Waals surface area contributed by atoms with E-state index in [4.69, 9.17) is 32.5 Å². The van der Waals surface area contributed by atoms with E-state index in [1.165, 1.54) is 32.9 Å². The van der Waals surface area contributed by atoms with E-state index in [1.54, 1.807) is 0 Å². The molecule has 0 aliphatic carbocycles. The fourth-order valence-electron chi connectivity index (χ4n) is 2.81. The molecular formula is C21H36ClF3N3O9+. The Balaban J connectivity index is 0. The number of esters is 1. The van der Waals surface area contributed by atoms with Crippen LogP contribution in [0.5, 0.6) is 5.75 Å². The number of ether oxygens (including phenoxy) is 2. The maximum atomic E-state index is 13.3. The predicted octanol–water partition coefficient (Wildman–Crippen LogP) is 0.535. The topological polar surface area (TPSA) is 212 Å². The maximum absolute atomic E-state index is 13.3. The first-order chi connectivity index (χ1) is 17.3. The number of aliphatic hydroxyl groups is 4. The van der Waals surface area contributed by atoms with Crippen LogP contribution in [0.25, 0.3) is 6.08 Å². The van der Waals surface area contributed by atoms with Crippen LogP contribution in [0.2, 0.25) is 5.02 Å². The number of fused-ring (bicyclic) bond motifs is 1. The highest BCUT2D eigenvalue weighted by Gasteiger charge is 2.50. The lowest BCUT2D eigenvalue weighted by Gasteiger charge is -2.31. The van der Waals surface area contributed by atoms with E-state index in [0.717, 1.165) is 25.3 Å². The van der Waals surface area contributed by atoms with E-state index < -0.39 is 47.4 Å². The van der Waals surface area contributed by atoms with Crippen LogP contribution in [0, 0.1) is 0 Å². The van der Waals surface area contributed by atoms with Crippen LogP contribution in [-0.2, 0) is 20.3 Å². The van der Waals surface area contributed by atoms with Crippen molar-refractivity contribution in [2.24, 2.45) is 5.90 Å². The van der Waals surface area contributed by atoms with E-state index in [-0.39, 0.29) is 10.6 Å². The highest BCUT2D eigenvalue weighted by atomic mass is 35.5. The Morgan fingerprint density at radius 3 is 2.08 bits per heavy atom. The highest BCUT2D eigenvalue weighted by molar-refractivity contribution is 6.31. The number of carbonyl (C=O) groups excluding carboxylic acids is 1. The molecule has 1 aromatic carbocycles. The van der Waals surface area contributed by atoms with Gasteiger partial charge in [-0.3, -0.25) is 4.84 Å². The summed E-state index contributed by atoms with van der Waals surface area (Å²) < 4.78 is 49.3. The third kappa shape index (κ3) is 12.4. The van der Waals surface area contributed by atoms with Crippen molar-refractivity contribution in [3.05, 3.63) is 33.9 Å². The minimum Gasteiger partial charge on any atom is -0.475 e. The Morgan fingerprint density at radius 1 is 1.19 bits per heavy atom. The first-order valence-corrected chi connectivity index (χ1v) is 11.2. The van der Waals surface area contributed by atoms with Crippen LogP contribution in [-0.4, -0.2) is 70.4 Å². The summed E-state index contributed by atoms with van der Waals surface area (Å²) in [4.78, 5) is 16.2. The Hall–Kier alpha value is -2.05. The van der Waals surface area contributed by atoms with Crippen molar-refractivity contribution in [1.82, 2.24) is 5.32 Å². The Bertz CT molecular complexity index is 826. The molecule has 12 nitrogen and oxygen atoms in total. The van der Waals surface area contributed by atoms with Gasteiger partial charge in [-0.25, -0.2) is 21.8 Å². The number of alkyl halides is 3. The molecular weight excluding hydrogens is 531 g/mol. The summed E-state index contributed by atoms with van der Waals surface area (Å²) in [5, 5.41) is 44.8. The average molecular weight is 567 g/mol. The second kappa shape index (κ2) is 18.2. The van der Waals surface area contributed by atoms with Gasteiger partial charge in [0.05, 0.1) is 11.1 Å². The van der Waals surface area contributed by atoms with Gasteiger partial charge in [0.15, 0.2) is 0 Å². The van der Waals surface area contributed by atoms with Gasteiger partial charge >= 0.3 is 18.1 Å². The number of hydrogen-bond donors (Lipinski definition) is 8. The minimum atomic E-state index is -5.07. The lowest BCUT2D eigenvalue weighted by Crippen LogP contribution is -2.42. The van der Waals surface area contributed by atoms with Crippen LogP contribution in [0.3, 0.4) is 0 Å². The lowest BCUT2D eigenvalue weighted by molar-refractivity contribution is -0.670. The first kappa shape index (κ1) is 37.1. The summed E-state index contributed by atoms with van der Waals surface area (Å²) >= 11 is 5.76. The molecule has 0 radical (unpaired) electrons. The summed E-state index contributed by atoms with van der Waals surface area (Å²) in [5.41, 5.74) is -2.01. The molecule has 0 amide bonds. The van der Waals surface area contributed by atoms with Crippen LogP contribution >= 0.6 is 11.6 Å². The fourth-order valence-corrected chi connectivity index (χ4v) is 3.03. The number of halogens is 4. The molecule has 1 saturated heterocycles. The summed E-state index contributed by atoms with van der Waals surface area (Å²) in [7, 11) is 1.00. The number of carbonyl (C=O) groups is 1. The van der Waals surface area contributed by atoms with Crippen molar-refractivity contribution in [3.63, 3.8) is 0 Å². The predicted molar refractivity (Wildman–Crippen MR) is 125 cm³/mol. The van der Waals surface area contributed by atoms with E-state index in [1.807, 2.05) is 13.8 Å². The van der Waals surface area contributed by atoms with Gasteiger partial charge in [-0.1, -0.05) is 25.4 Å². The zero-order chi connectivity index (χ0) is 29.4. The van der Waals surface area contributed by atoms with Gasteiger partial charge in [0.1, 0.15) is 5.75 Å². The second-order valence-electron chi connectivity index (χ2n) is 6.71. The Morgan fingerprint density at radius 2 is 1.70 bits per heavy atom. The lowest BCUT2D eigenvalue weighted by atomic mass is 9.98. The molecule has 3 rings (SSSR count).